The third kappa shape index (κ3) is 4.62. The number of hydrogen-bond acceptors (Lipinski definition) is 4. The fourth-order valence-corrected chi connectivity index (χ4v) is 2.42. The standard InChI is InChI=1S/C15H20BrNO5/c1-4-6-22-14-11(16)7-10(8-12(14)21-3)15(20)17(5-2)9-13(18)19/h7-8H,4-6,9H2,1-3H3,(H,18,19). The number of carboxylic acids is 1. The Morgan fingerprint density at radius 3 is 2.50 bits per heavy atom. The van der Waals surface area contributed by atoms with Crippen molar-refractivity contribution >= 4 is 27.8 Å². The first-order chi connectivity index (χ1) is 10.4. The van der Waals surface area contributed by atoms with Crippen molar-refractivity contribution in [2.45, 2.75) is 20.3 Å². The monoisotopic (exact) mass is 373 g/mol. The summed E-state index contributed by atoms with van der Waals surface area (Å²) in [5.74, 6) is -0.463. The Morgan fingerprint density at radius 1 is 1.32 bits per heavy atom. The zero-order valence-electron chi connectivity index (χ0n) is 12.9. The molecule has 0 radical (unpaired) electrons. The molecule has 0 aromatic heterocycles. The highest BCUT2D eigenvalue weighted by atomic mass is 79.9. The molecule has 0 fully saturated rings. The Kier molecular flexibility index (Phi) is 7.17. The number of methoxy groups -OCH3 is 1. The number of carboxylic acid groups (broad SMARTS) is 1. The van der Waals surface area contributed by atoms with Crippen LogP contribution in [0, 0.1) is 0 Å². The van der Waals surface area contributed by atoms with Gasteiger partial charge in [0, 0.05) is 12.1 Å². The summed E-state index contributed by atoms with van der Waals surface area (Å²) in [5.41, 5.74) is 0.343. The maximum atomic E-state index is 12.4. The van der Waals surface area contributed by atoms with Crippen LogP contribution in [0.3, 0.4) is 0 Å². The molecule has 0 unspecified atom stereocenters. The van der Waals surface area contributed by atoms with Gasteiger partial charge in [0.25, 0.3) is 5.91 Å². The number of ether oxygens (including phenoxy) is 2. The Bertz CT molecular complexity index is 547. The molecule has 0 saturated carbocycles. The molecule has 7 heteroatoms. The Hall–Kier alpha value is -1.76. The predicted molar refractivity (Wildman–Crippen MR) is 85.7 cm³/mol. The first kappa shape index (κ1) is 18.3. The Labute approximate surface area is 138 Å². The highest BCUT2D eigenvalue weighted by Crippen LogP contribution is 2.37. The van der Waals surface area contributed by atoms with Crippen LogP contribution in [-0.4, -0.2) is 48.7 Å². The van der Waals surface area contributed by atoms with E-state index in [0.29, 0.717) is 34.7 Å². The largest absolute Gasteiger partial charge is 0.493 e. The summed E-state index contributed by atoms with van der Waals surface area (Å²) < 4.78 is 11.5. The SMILES string of the molecule is CCCOc1c(Br)cc(C(=O)N(CC)CC(=O)O)cc1OC. The minimum atomic E-state index is -1.05. The molecule has 1 aromatic carbocycles. The number of amides is 1. The van der Waals surface area contributed by atoms with Gasteiger partial charge in [0.05, 0.1) is 18.2 Å². The normalized spacial score (nSPS) is 10.2. The molecular weight excluding hydrogens is 354 g/mol. The lowest BCUT2D eigenvalue weighted by atomic mass is 10.1. The minimum absolute atomic E-state index is 0.305. The van der Waals surface area contributed by atoms with E-state index < -0.39 is 5.97 Å². The number of likely N-dealkylation sites (N-methyl/N-ethyl adjacent to an activating group) is 1. The number of nitrogens with zero attached hydrogens (tertiary/aromatic N) is 1. The van der Waals surface area contributed by atoms with Crippen LogP contribution in [0.1, 0.15) is 30.6 Å². The van der Waals surface area contributed by atoms with Crippen molar-refractivity contribution in [3.8, 4) is 11.5 Å². The van der Waals surface area contributed by atoms with Crippen LogP contribution in [0.15, 0.2) is 16.6 Å². The smallest absolute Gasteiger partial charge is 0.323 e. The molecule has 0 aliphatic rings. The van der Waals surface area contributed by atoms with Crippen molar-refractivity contribution in [3.63, 3.8) is 0 Å². The molecule has 0 aliphatic carbocycles. The highest BCUT2D eigenvalue weighted by molar-refractivity contribution is 9.10. The number of halogens is 1. The first-order valence-corrected chi connectivity index (χ1v) is 7.75. The molecule has 1 amide bonds. The molecule has 22 heavy (non-hydrogen) atoms. The molecule has 1 rings (SSSR count). The van der Waals surface area contributed by atoms with Gasteiger partial charge in [-0.3, -0.25) is 9.59 Å². The molecular formula is C15H20BrNO5. The zero-order valence-corrected chi connectivity index (χ0v) is 14.5. The second kappa shape index (κ2) is 8.63. The molecule has 0 atom stereocenters. The van der Waals surface area contributed by atoms with E-state index in [1.807, 2.05) is 6.92 Å². The van der Waals surface area contributed by atoms with Gasteiger partial charge in [-0.2, -0.15) is 0 Å². The van der Waals surface area contributed by atoms with E-state index in [9.17, 15) is 9.59 Å². The van der Waals surface area contributed by atoms with E-state index in [1.165, 1.54) is 12.0 Å². The van der Waals surface area contributed by atoms with Crippen LogP contribution in [0.5, 0.6) is 11.5 Å². The predicted octanol–water partition coefficient (Wildman–Crippen LogP) is 2.79. The lowest BCUT2D eigenvalue weighted by molar-refractivity contribution is -0.137. The fourth-order valence-electron chi connectivity index (χ4n) is 1.86. The average Bonchev–Trinajstić information content (AvgIpc) is 2.49. The van der Waals surface area contributed by atoms with Gasteiger partial charge in [-0.1, -0.05) is 6.92 Å². The van der Waals surface area contributed by atoms with E-state index in [-0.39, 0.29) is 12.5 Å². The summed E-state index contributed by atoms with van der Waals surface area (Å²) >= 11 is 3.37. The molecule has 0 bridgehead atoms. The lowest BCUT2D eigenvalue weighted by Crippen LogP contribution is -2.35. The van der Waals surface area contributed by atoms with Gasteiger partial charge < -0.3 is 19.5 Å². The molecule has 122 valence electrons. The summed E-state index contributed by atoms with van der Waals surface area (Å²) in [6.45, 7) is 4.21. The second-order valence-electron chi connectivity index (χ2n) is 4.55. The number of rotatable bonds is 8. The summed E-state index contributed by atoms with van der Waals surface area (Å²) in [7, 11) is 1.49. The van der Waals surface area contributed by atoms with Crippen LogP contribution < -0.4 is 9.47 Å². The van der Waals surface area contributed by atoms with Crippen molar-refractivity contribution in [1.82, 2.24) is 4.90 Å². The van der Waals surface area contributed by atoms with Crippen molar-refractivity contribution < 1.29 is 24.2 Å². The quantitative estimate of drug-likeness (QED) is 0.757. The molecule has 1 N–H and O–H groups in total. The van der Waals surface area contributed by atoms with Crippen LogP contribution in [0.2, 0.25) is 0 Å². The molecule has 0 aliphatic heterocycles. The second-order valence-corrected chi connectivity index (χ2v) is 5.41. The zero-order chi connectivity index (χ0) is 16.7. The molecule has 6 nitrogen and oxygen atoms in total. The van der Waals surface area contributed by atoms with Gasteiger partial charge in [-0.25, -0.2) is 0 Å². The molecule has 0 heterocycles. The van der Waals surface area contributed by atoms with Crippen molar-refractivity contribution in [3.05, 3.63) is 22.2 Å². The number of benzene rings is 1. The van der Waals surface area contributed by atoms with Crippen LogP contribution in [0.25, 0.3) is 0 Å². The van der Waals surface area contributed by atoms with Crippen LogP contribution >= 0.6 is 15.9 Å². The van der Waals surface area contributed by atoms with Crippen molar-refractivity contribution in [2.75, 3.05) is 26.8 Å². The van der Waals surface area contributed by atoms with Gasteiger partial charge in [-0.15, -0.1) is 0 Å². The maximum Gasteiger partial charge on any atom is 0.323 e. The van der Waals surface area contributed by atoms with Gasteiger partial charge in [0.1, 0.15) is 6.54 Å². The van der Waals surface area contributed by atoms with E-state index >= 15 is 0 Å². The summed E-state index contributed by atoms with van der Waals surface area (Å²) in [6.07, 6.45) is 0.846. The van der Waals surface area contributed by atoms with Crippen LogP contribution in [-0.2, 0) is 4.79 Å². The first-order valence-electron chi connectivity index (χ1n) is 6.95. The van der Waals surface area contributed by atoms with E-state index in [2.05, 4.69) is 15.9 Å². The van der Waals surface area contributed by atoms with Gasteiger partial charge in [0.2, 0.25) is 0 Å². The number of aliphatic carboxylic acids is 1. The van der Waals surface area contributed by atoms with Gasteiger partial charge >= 0.3 is 5.97 Å². The molecule has 0 saturated heterocycles. The number of carbonyl (C=O) groups excluding carboxylic acids is 1. The molecule has 1 aromatic rings. The lowest BCUT2D eigenvalue weighted by Gasteiger charge is -2.20. The van der Waals surface area contributed by atoms with Crippen molar-refractivity contribution in [1.29, 1.82) is 0 Å². The Balaban J connectivity index is 3.12. The van der Waals surface area contributed by atoms with Gasteiger partial charge in [0.15, 0.2) is 11.5 Å². The third-order valence-electron chi connectivity index (χ3n) is 2.92. The summed E-state index contributed by atoms with van der Waals surface area (Å²) in [4.78, 5) is 24.5. The van der Waals surface area contributed by atoms with E-state index in [1.54, 1.807) is 19.1 Å². The topological polar surface area (TPSA) is 76.1 Å². The maximum absolute atomic E-state index is 12.4. The number of carbonyl (C=O) groups is 2. The number of hydrogen-bond donors (Lipinski definition) is 1. The van der Waals surface area contributed by atoms with Crippen LogP contribution in [0.4, 0.5) is 0 Å². The summed E-state index contributed by atoms with van der Waals surface area (Å²) in [5, 5.41) is 8.86. The van der Waals surface area contributed by atoms with E-state index in [4.69, 9.17) is 14.6 Å². The Morgan fingerprint density at radius 2 is 2.00 bits per heavy atom. The van der Waals surface area contributed by atoms with Gasteiger partial charge in [-0.05, 0) is 41.4 Å². The van der Waals surface area contributed by atoms with Crippen molar-refractivity contribution in [2.24, 2.45) is 0 Å². The fraction of sp³-hybridized carbons (Fsp3) is 0.467. The van der Waals surface area contributed by atoms with E-state index in [0.717, 1.165) is 6.42 Å². The third-order valence-corrected chi connectivity index (χ3v) is 3.51. The highest BCUT2D eigenvalue weighted by Gasteiger charge is 2.20. The average molecular weight is 374 g/mol. The molecule has 0 spiro atoms. The summed E-state index contributed by atoms with van der Waals surface area (Å²) in [6, 6.07) is 3.17. The minimum Gasteiger partial charge on any atom is -0.493 e.